The monoisotopic (exact) mass is 343 g/mol. The van der Waals surface area contributed by atoms with Gasteiger partial charge >= 0.3 is 0 Å². The molecule has 0 aliphatic rings. The highest BCUT2D eigenvalue weighted by atomic mass is 16.3. The smallest absolute Gasteiger partial charge is 0.147 e. The Kier molecular flexibility index (Phi) is 4.31. The van der Waals surface area contributed by atoms with Crippen LogP contribution in [0.15, 0.2) is 71.1 Å². The molecule has 0 saturated carbocycles. The van der Waals surface area contributed by atoms with Crippen molar-refractivity contribution in [1.82, 2.24) is 5.32 Å². The number of hydrogen-bond acceptors (Lipinski definition) is 3. The molecule has 0 amide bonds. The second kappa shape index (κ2) is 6.77. The van der Waals surface area contributed by atoms with Crippen molar-refractivity contribution in [2.24, 2.45) is 0 Å². The summed E-state index contributed by atoms with van der Waals surface area (Å²) in [5.41, 5.74) is 5.16. The quantitative estimate of drug-likeness (QED) is 0.556. The lowest BCUT2D eigenvalue weighted by Crippen LogP contribution is -2.34. The predicted molar refractivity (Wildman–Crippen MR) is 106 cm³/mol. The first-order valence-corrected chi connectivity index (χ1v) is 8.84. The molecule has 0 bridgehead atoms. The lowest BCUT2D eigenvalue weighted by Gasteiger charge is -2.13. The van der Waals surface area contributed by atoms with Crippen LogP contribution >= 0.6 is 0 Å². The molecule has 0 unspecified atom stereocenters. The Morgan fingerprint density at radius 3 is 2.42 bits per heavy atom. The van der Waals surface area contributed by atoms with Gasteiger partial charge in [0.15, 0.2) is 0 Å². The number of para-hydroxylation sites is 2. The van der Waals surface area contributed by atoms with E-state index in [-0.39, 0.29) is 11.8 Å². The van der Waals surface area contributed by atoms with Crippen molar-refractivity contribution in [2.75, 3.05) is 7.05 Å². The number of fused-ring (bicyclic) bond motifs is 3. The van der Waals surface area contributed by atoms with Gasteiger partial charge in [-0.2, -0.15) is 0 Å². The first-order valence-electron chi connectivity index (χ1n) is 8.84. The minimum absolute atomic E-state index is 0.139. The summed E-state index contributed by atoms with van der Waals surface area (Å²) in [6.07, 6.45) is 0.695. The molecule has 3 nitrogen and oxygen atoms in total. The van der Waals surface area contributed by atoms with E-state index in [9.17, 15) is 4.79 Å². The zero-order valence-electron chi connectivity index (χ0n) is 15.0. The first-order chi connectivity index (χ1) is 12.7. The Morgan fingerprint density at radius 2 is 1.69 bits per heavy atom. The van der Waals surface area contributed by atoms with E-state index in [1.54, 1.807) is 6.92 Å². The second-order valence-electron chi connectivity index (χ2n) is 6.63. The lowest BCUT2D eigenvalue weighted by molar-refractivity contribution is -0.118. The van der Waals surface area contributed by atoms with Crippen molar-refractivity contribution < 1.29 is 9.21 Å². The van der Waals surface area contributed by atoms with Crippen molar-refractivity contribution in [1.29, 1.82) is 0 Å². The van der Waals surface area contributed by atoms with Crippen LogP contribution in [0, 0.1) is 0 Å². The average Bonchev–Trinajstić information content (AvgIpc) is 3.05. The van der Waals surface area contributed by atoms with Gasteiger partial charge < -0.3 is 9.73 Å². The summed E-state index contributed by atoms with van der Waals surface area (Å²) in [6, 6.07) is 22.6. The summed E-state index contributed by atoms with van der Waals surface area (Å²) in [5, 5.41) is 5.34. The van der Waals surface area contributed by atoms with Crippen LogP contribution in [0.5, 0.6) is 0 Å². The van der Waals surface area contributed by atoms with Crippen molar-refractivity contribution in [3.63, 3.8) is 0 Å². The molecule has 130 valence electrons. The number of furan rings is 1. The van der Waals surface area contributed by atoms with E-state index in [4.69, 9.17) is 4.42 Å². The normalized spacial score (nSPS) is 12.5. The van der Waals surface area contributed by atoms with E-state index in [2.05, 4.69) is 53.8 Å². The third kappa shape index (κ3) is 2.91. The van der Waals surface area contributed by atoms with Gasteiger partial charge in [-0.1, -0.05) is 60.7 Å². The third-order valence-corrected chi connectivity index (χ3v) is 4.95. The van der Waals surface area contributed by atoms with Crippen LogP contribution in [0.3, 0.4) is 0 Å². The Morgan fingerprint density at radius 1 is 0.962 bits per heavy atom. The predicted octanol–water partition coefficient (Wildman–Crippen LogP) is 4.97. The van der Waals surface area contributed by atoms with E-state index in [1.165, 1.54) is 0 Å². The zero-order chi connectivity index (χ0) is 18.1. The van der Waals surface area contributed by atoms with Gasteiger partial charge in [-0.3, -0.25) is 4.79 Å². The Balaban J connectivity index is 1.73. The molecule has 1 aromatic heterocycles. The highest BCUT2D eigenvalue weighted by Crippen LogP contribution is 2.35. The fraction of sp³-hybridized carbons (Fsp3) is 0.174. The van der Waals surface area contributed by atoms with Crippen LogP contribution in [0.4, 0.5) is 0 Å². The highest BCUT2D eigenvalue weighted by molar-refractivity contribution is 6.09. The molecule has 1 atom stereocenters. The van der Waals surface area contributed by atoms with Gasteiger partial charge in [0.2, 0.25) is 0 Å². The molecule has 3 aromatic carbocycles. The topological polar surface area (TPSA) is 42.2 Å². The maximum atomic E-state index is 11.6. The number of hydrogen-bond donors (Lipinski definition) is 1. The molecular formula is C23H21NO2. The van der Waals surface area contributed by atoms with Gasteiger partial charge in [-0.05, 0) is 37.6 Å². The number of benzene rings is 3. The summed E-state index contributed by atoms with van der Waals surface area (Å²) < 4.78 is 6.13. The molecule has 0 aliphatic carbocycles. The third-order valence-electron chi connectivity index (χ3n) is 4.95. The zero-order valence-corrected chi connectivity index (χ0v) is 15.0. The maximum absolute atomic E-state index is 11.6. The van der Waals surface area contributed by atoms with E-state index in [1.807, 2.05) is 25.2 Å². The number of carbonyl (C=O) groups excluding carboxylic acids is 1. The van der Waals surface area contributed by atoms with Gasteiger partial charge in [0, 0.05) is 16.3 Å². The van der Waals surface area contributed by atoms with Gasteiger partial charge in [-0.25, -0.2) is 0 Å². The Hall–Kier alpha value is -2.91. The molecule has 0 saturated heterocycles. The molecule has 0 fully saturated rings. The highest BCUT2D eigenvalue weighted by Gasteiger charge is 2.14. The number of nitrogens with one attached hydrogen (secondary N) is 1. The van der Waals surface area contributed by atoms with Gasteiger partial charge in [-0.15, -0.1) is 0 Å². The van der Waals surface area contributed by atoms with Crippen LogP contribution in [0.2, 0.25) is 0 Å². The van der Waals surface area contributed by atoms with E-state index in [0.29, 0.717) is 6.42 Å². The molecule has 0 radical (unpaired) electrons. The lowest BCUT2D eigenvalue weighted by atomic mass is 9.98. The summed E-state index contributed by atoms with van der Waals surface area (Å²) in [6.45, 7) is 1.62. The Labute approximate surface area is 152 Å². The van der Waals surface area contributed by atoms with Crippen molar-refractivity contribution in [3.05, 3.63) is 72.3 Å². The summed E-state index contributed by atoms with van der Waals surface area (Å²) in [7, 11) is 1.82. The standard InChI is InChI=1S/C23H21NO2/c1-15(25)21(24-2)14-16-10-12-17(13-11-16)18-7-5-8-20-19-6-3-4-9-22(19)26-23(18)20/h3-13,21,24H,14H2,1-2H3/t21-/m0/s1. The maximum Gasteiger partial charge on any atom is 0.147 e. The SMILES string of the molecule is CN[C@@H](Cc1ccc(-c2cccc3c2oc2ccccc23)cc1)C(C)=O. The minimum atomic E-state index is -0.139. The molecule has 1 heterocycles. The number of Topliss-reactive ketones (excluding diaryl/α,β-unsaturated/α-hetero) is 1. The van der Waals surface area contributed by atoms with Gasteiger partial charge in [0.05, 0.1) is 6.04 Å². The van der Waals surface area contributed by atoms with E-state index < -0.39 is 0 Å². The fourth-order valence-corrected chi connectivity index (χ4v) is 3.48. The molecule has 0 spiro atoms. The molecule has 4 aromatic rings. The second-order valence-corrected chi connectivity index (χ2v) is 6.63. The number of likely N-dealkylation sites (N-methyl/N-ethyl adjacent to an activating group) is 1. The summed E-state index contributed by atoms with van der Waals surface area (Å²) >= 11 is 0. The molecule has 3 heteroatoms. The number of rotatable bonds is 5. The molecule has 0 aliphatic heterocycles. The Bertz CT molecular complexity index is 1080. The van der Waals surface area contributed by atoms with Crippen LogP contribution in [0.1, 0.15) is 12.5 Å². The van der Waals surface area contributed by atoms with Crippen molar-refractivity contribution in [3.8, 4) is 11.1 Å². The minimum Gasteiger partial charge on any atom is -0.455 e. The first kappa shape index (κ1) is 16.6. The number of carbonyl (C=O) groups is 1. The van der Waals surface area contributed by atoms with Crippen molar-refractivity contribution in [2.45, 2.75) is 19.4 Å². The van der Waals surface area contributed by atoms with Gasteiger partial charge in [0.1, 0.15) is 16.9 Å². The van der Waals surface area contributed by atoms with E-state index >= 15 is 0 Å². The molecular weight excluding hydrogens is 322 g/mol. The van der Waals surface area contributed by atoms with Crippen LogP contribution in [0.25, 0.3) is 33.1 Å². The van der Waals surface area contributed by atoms with Crippen LogP contribution in [-0.2, 0) is 11.2 Å². The number of ketones is 1. The van der Waals surface area contributed by atoms with E-state index in [0.717, 1.165) is 38.6 Å². The molecule has 1 N–H and O–H groups in total. The molecule has 26 heavy (non-hydrogen) atoms. The van der Waals surface area contributed by atoms with Crippen molar-refractivity contribution >= 4 is 27.7 Å². The fourth-order valence-electron chi connectivity index (χ4n) is 3.48. The largest absolute Gasteiger partial charge is 0.455 e. The van der Waals surface area contributed by atoms with Crippen LogP contribution < -0.4 is 5.32 Å². The molecule has 4 rings (SSSR count). The summed E-state index contributed by atoms with van der Waals surface area (Å²) in [4.78, 5) is 11.6. The van der Waals surface area contributed by atoms with Crippen LogP contribution in [-0.4, -0.2) is 18.9 Å². The van der Waals surface area contributed by atoms with Gasteiger partial charge in [0.25, 0.3) is 0 Å². The summed E-state index contributed by atoms with van der Waals surface area (Å²) in [5.74, 6) is 0.156. The average molecular weight is 343 g/mol.